The van der Waals surface area contributed by atoms with Gasteiger partial charge in [-0.1, -0.05) is 128 Å². The third-order valence-electron chi connectivity index (χ3n) is 9.31. The average Bonchev–Trinajstić information content (AvgIpc) is 3.08. The van der Waals surface area contributed by atoms with Crippen LogP contribution in [0.5, 0.6) is 0 Å². The summed E-state index contributed by atoms with van der Waals surface area (Å²) in [5.74, 6) is -1.76. The van der Waals surface area contributed by atoms with E-state index in [-0.39, 0.29) is 42.7 Å². The number of rotatable bonds is 37. The second-order valence-corrected chi connectivity index (χ2v) is 15.2. The minimum atomic E-state index is -1.13. The summed E-state index contributed by atoms with van der Waals surface area (Å²) >= 11 is 0. The predicted molar refractivity (Wildman–Crippen MR) is 208 cm³/mol. The highest BCUT2D eigenvalue weighted by molar-refractivity contribution is 5.70. The summed E-state index contributed by atoms with van der Waals surface area (Å²) in [6.07, 6.45) is 36.3. The lowest BCUT2D eigenvalue weighted by molar-refractivity contribution is -0.889. The second-order valence-electron chi connectivity index (χ2n) is 15.2. The van der Waals surface area contributed by atoms with Crippen molar-refractivity contribution in [3.63, 3.8) is 0 Å². The highest BCUT2D eigenvalue weighted by atomic mass is 16.6. The van der Waals surface area contributed by atoms with Crippen LogP contribution in [0.15, 0.2) is 24.3 Å². The van der Waals surface area contributed by atoms with Gasteiger partial charge in [0.15, 0.2) is 6.10 Å². The van der Waals surface area contributed by atoms with Gasteiger partial charge in [0.25, 0.3) is 0 Å². The van der Waals surface area contributed by atoms with Crippen molar-refractivity contribution >= 4 is 17.9 Å². The van der Waals surface area contributed by atoms with Crippen molar-refractivity contribution in [1.82, 2.24) is 0 Å². The van der Waals surface area contributed by atoms with Crippen molar-refractivity contribution in [2.45, 2.75) is 193 Å². The number of likely N-dealkylation sites (N-methyl/N-ethyl adjacent to an activating group) is 1. The van der Waals surface area contributed by atoms with Gasteiger partial charge in [-0.05, 0) is 57.8 Å². The van der Waals surface area contributed by atoms with Crippen molar-refractivity contribution in [2.75, 3.05) is 41.0 Å². The van der Waals surface area contributed by atoms with Crippen LogP contribution in [0.1, 0.15) is 181 Å². The summed E-state index contributed by atoms with van der Waals surface area (Å²) < 4.78 is 17.1. The Bertz CT molecular complexity index is 895. The first-order valence-electron chi connectivity index (χ1n) is 20.9. The van der Waals surface area contributed by atoms with Crippen LogP contribution in [-0.4, -0.2) is 75.5 Å². The van der Waals surface area contributed by atoms with Crippen LogP contribution < -0.4 is 5.11 Å². The maximum absolute atomic E-state index is 12.6. The second kappa shape index (κ2) is 34.9. The molecule has 0 saturated carbocycles. The molecule has 0 bridgehead atoms. The van der Waals surface area contributed by atoms with Gasteiger partial charge in [-0.15, -0.1) is 0 Å². The molecule has 0 aliphatic heterocycles. The Morgan fingerprint density at radius 3 is 1.47 bits per heavy atom. The summed E-state index contributed by atoms with van der Waals surface area (Å²) in [5.41, 5.74) is 0. The molecule has 0 fully saturated rings. The molecule has 0 aliphatic rings. The summed E-state index contributed by atoms with van der Waals surface area (Å²) in [6.45, 7) is 4.59. The van der Waals surface area contributed by atoms with Crippen LogP contribution in [0.3, 0.4) is 0 Å². The van der Waals surface area contributed by atoms with E-state index in [1.165, 1.54) is 89.9 Å². The molecule has 0 rings (SSSR count). The zero-order valence-electron chi connectivity index (χ0n) is 33.8. The first kappa shape index (κ1) is 48.8. The van der Waals surface area contributed by atoms with Gasteiger partial charge >= 0.3 is 11.9 Å². The van der Waals surface area contributed by atoms with E-state index < -0.39 is 18.1 Å². The van der Waals surface area contributed by atoms with E-state index in [2.05, 4.69) is 38.2 Å². The number of nitrogens with zero attached hydrogens (tertiary/aromatic N) is 1. The van der Waals surface area contributed by atoms with E-state index in [1.54, 1.807) is 21.1 Å². The monoisotopic (exact) mass is 722 g/mol. The van der Waals surface area contributed by atoms with E-state index in [4.69, 9.17) is 14.2 Å². The minimum absolute atomic E-state index is 0.0369. The van der Waals surface area contributed by atoms with E-state index >= 15 is 0 Å². The Labute approximate surface area is 313 Å². The zero-order valence-corrected chi connectivity index (χ0v) is 33.8. The molecule has 51 heavy (non-hydrogen) atoms. The number of hydrogen-bond acceptors (Lipinski definition) is 7. The number of carbonyl (C=O) groups is 3. The third kappa shape index (κ3) is 33.4. The van der Waals surface area contributed by atoms with E-state index in [1.807, 2.05) is 0 Å². The quantitative estimate of drug-likeness (QED) is 0.0273. The Kier molecular flexibility index (Phi) is 33.4. The van der Waals surface area contributed by atoms with Gasteiger partial charge < -0.3 is 28.6 Å². The number of hydrogen-bond donors (Lipinski definition) is 0. The molecule has 0 saturated heterocycles. The minimum Gasteiger partial charge on any atom is -0.544 e. The van der Waals surface area contributed by atoms with Gasteiger partial charge in [-0.25, -0.2) is 0 Å². The normalized spacial score (nSPS) is 13.2. The van der Waals surface area contributed by atoms with Crippen LogP contribution in [0.4, 0.5) is 0 Å². The van der Waals surface area contributed by atoms with Crippen molar-refractivity contribution in [3.05, 3.63) is 24.3 Å². The number of carboxylic acids is 1. The predicted octanol–water partition coefficient (Wildman–Crippen LogP) is 9.58. The molecule has 0 aromatic rings. The van der Waals surface area contributed by atoms with Crippen LogP contribution in [0.25, 0.3) is 0 Å². The van der Waals surface area contributed by atoms with E-state index in [9.17, 15) is 19.5 Å². The number of aliphatic carboxylic acids is 1. The van der Waals surface area contributed by atoms with Gasteiger partial charge in [-0.3, -0.25) is 9.59 Å². The van der Waals surface area contributed by atoms with Crippen molar-refractivity contribution in [3.8, 4) is 0 Å². The van der Waals surface area contributed by atoms with Gasteiger partial charge in [0, 0.05) is 19.3 Å². The molecule has 0 spiro atoms. The topological polar surface area (TPSA) is 102 Å². The highest BCUT2D eigenvalue weighted by Crippen LogP contribution is 2.13. The molecule has 0 heterocycles. The van der Waals surface area contributed by atoms with Crippen LogP contribution >= 0.6 is 0 Å². The summed E-state index contributed by atoms with van der Waals surface area (Å²) in [7, 11) is 5.39. The molecule has 0 N–H and O–H groups in total. The van der Waals surface area contributed by atoms with Crippen LogP contribution in [0.2, 0.25) is 0 Å². The SMILES string of the molecule is CCCC/C=C/CCCCCCC(=O)OC(COCCC(C(=O)[O-])[N+](C)(C)C)COC(=O)CCCCCCCCC/C=C/CCCCCCCC. The lowest BCUT2D eigenvalue weighted by Gasteiger charge is -2.34. The van der Waals surface area contributed by atoms with Crippen molar-refractivity contribution < 1.29 is 38.2 Å². The number of allylic oxidation sites excluding steroid dienone is 4. The molecule has 2 atom stereocenters. The number of carboxylic acid groups (broad SMARTS) is 1. The molecule has 0 aromatic carbocycles. The van der Waals surface area contributed by atoms with Crippen LogP contribution in [-0.2, 0) is 28.6 Å². The lowest BCUT2D eigenvalue weighted by atomic mass is 10.1. The molecule has 8 nitrogen and oxygen atoms in total. The maximum atomic E-state index is 12.6. The fourth-order valence-electron chi connectivity index (χ4n) is 5.99. The smallest absolute Gasteiger partial charge is 0.306 e. The third-order valence-corrected chi connectivity index (χ3v) is 9.31. The van der Waals surface area contributed by atoms with Crippen LogP contribution in [0, 0.1) is 0 Å². The fraction of sp³-hybridized carbons (Fsp3) is 0.837. The zero-order chi connectivity index (χ0) is 37.8. The van der Waals surface area contributed by atoms with E-state index in [0.29, 0.717) is 12.8 Å². The molecule has 0 aliphatic carbocycles. The number of quaternary nitrogens is 1. The van der Waals surface area contributed by atoms with E-state index in [0.717, 1.165) is 57.8 Å². The molecular weight excluding hydrogens is 642 g/mol. The largest absolute Gasteiger partial charge is 0.544 e. The van der Waals surface area contributed by atoms with Gasteiger partial charge in [-0.2, -0.15) is 0 Å². The molecule has 0 aromatic heterocycles. The number of carbonyl (C=O) groups excluding carboxylic acids is 3. The Morgan fingerprint density at radius 2 is 1.00 bits per heavy atom. The Morgan fingerprint density at radius 1 is 0.569 bits per heavy atom. The van der Waals surface area contributed by atoms with Crippen molar-refractivity contribution in [1.29, 1.82) is 0 Å². The van der Waals surface area contributed by atoms with Gasteiger partial charge in [0.2, 0.25) is 0 Å². The summed E-state index contributed by atoms with van der Waals surface area (Å²) in [6, 6.07) is -0.725. The first-order valence-corrected chi connectivity index (χ1v) is 20.9. The average molecular weight is 722 g/mol. The summed E-state index contributed by atoms with van der Waals surface area (Å²) in [4.78, 5) is 36.7. The lowest BCUT2D eigenvalue weighted by Crippen LogP contribution is -2.55. The van der Waals surface area contributed by atoms with Gasteiger partial charge in [0.1, 0.15) is 12.6 Å². The molecule has 8 heteroatoms. The molecule has 2 unspecified atom stereocenters. The maximum Gasteiger partial charge on any atom is 0.306 e. The fourth-order valence-corrected chi connectivity index (χ4v) is 5.99. The number of ether oxygens (including phenoxy) is 3. The standard InChI is InChI=1S/C43H79NO7/c1-6-8-10-12-14-16-18-19-20-21-22-23-24-26-27-29-31-33-41(45)50-38-39(37-49-36-35-40(43(47)48)44(3,4)5)51-42(46)34-32-30-28-25-17-15-13-11-9-7-2/h13,15,19-20,39-40H,6-12,14,16-18,21-38H2,1-5H3/b15-13+,20-19+. The Hall–Kier alpha value is -2.19. The molecule has 0 amide bonds. The molecule has 298 valence electrons. The Balaban J connectivity index is 4.32. The first-order chi connectivity index (χ1) is 24.6. The number of esters is 2. The summed E-state index contributed by atoms with van der Waals surface area (Å²) in [5, 5.41) is 11.6. The number of unbranched alkanes of at least 4 members (excludes halogenated alkanes) is 19. The van der Waals surface area contributed by atoms with Crippen molar-refractivity contribution in [2.24, 2.45) is 0 Å². The highest BCUT2D eigenvalue weighted by Gasteiger charge is 2.25. The molecular formula is C43H79NO7. The van der Waals surface area contributed by atoms with Gasteiger partial charge in [0.05, 0.1) is 40.3 Å². The molecule has 0 radical (unpaired) electrons.